The lowest BCUT2D eigenvalue weighted by atomic mass is 9.82. The molecule has 2 N–H and O–H groups in total. The highest BCUT2D eigenvalue weighted by Gasteiger charge is 2.66. The van der Waals surface area contributed by atoms with Crippen molar-refractivity contribution < 1.29 is 33.7 Å². The third kappa shape index (κ3) is 7.85. The van der Waals surface area contributed by atoms with Gasteiger partial charge in [-0.25, -0.2) is 0 Å². The van der Waals surface area contributed by atoms with E-state index in [1.165, 1.54) is 0 Å². The van der Waals surface area contributed by atoms with Gasteiger partial charge in [0.2, 0.25) is 5.91 Å². The second-order valence-corrected chi connectivity index (χ2v) is 23.4. The summed E-state index contributed by atoms with van der Waals surface area (Å²) in [6.45, 7) is 9.32. The van der Waals surface area contributed by atoms with E-state index in [-0.39, 0.29) is 55.3 Å². The highest BCUT2D eigenvalue weighted by atomic mass is 28.3. The van der Waals surface area contributed by atoms with E-state index in [1.54, 1.807) is 19.1 Å². The van der Waals surface area contributed by atoms with Gasteiger partial charge in [0.05, 0.1) is 60.3 Å². The highest BCUT2D eigenvalue weighted by Crippen LogP contribution is 2.60. The van der Waals surface area contributed by atoms with Crippen molar-refractivity contribution in [1.82, 2.24) is 10.2 Å². The number of methoxy groups -OCH3 is 2. The smallest absolute Gasteiger partial charge is 0.264 e. The minimum Gasteiger partial charge on any atom is -0.497 e. The molecule has 9 rings (SSSR count). The Kier molecular flexibility index (Phi) is 12.6. The molecule has 5 aromatic rings. The molecule has 12 nitrogen and oxygen atoms in total. The van der Waals surface area contributed by atoms with Crippen LogP contribution in [0.4, 0.5) is 17.1 Å². The number of carbonyl (C=O) groups excluding carboxylic acids is 3. The van der Waals surface area contributed by atoms with Gasteiger partial charge in [0, 0.05) is 35.9 Å². The van der Waals surface area contributed by atoms with Gasteiger partial charge < -0.3 is 39.3 Å². The van der Waals surface area contributed by atoms with Crippen LogP contribution in [0.25, 0.3) is 0 Å². The Balaban J connectivity index is 1.04. The fourth-order valence-corrected chi connectivity index (χ4v) is 15.4. The number of anilines is 3. The van der Waals surface area contributed by atoms with Gasteiger partial charge >= 0.3 is 0 Å². The largest absolute Gasteiger partial charge is 0.497 e. The Morgan fingerprint density at radius 3 is 2.12 bits per heavy atom. The molecule has 0 bridgehead atoms. The van der Waals surface area contributed by atoms with Gasteiger partial charge in [-0.2, -0.15) is 0 Å². The number of fused-ring (bicyclic) bond motifs is 2. The molecule has 0 saturated carbocycles. The number of hydrogen-bond acceptors (Lipinski definition) is 9. The summed E-state index contributed by atoms with van der Waals surface area (Å²) in [5.74, 6) is 0.797. The fourth-order valence-electron chi connectivity index (χ4n) is 11.4. The van der Waals surface area contributed by atoms with Gasteiger partial charge in [0.15, 0.2) is 5.60 Å². The van der Waals surface area contributed by atoms with E-state index in [9.17, 15) is 14.7 Å². The minimum absolute atomic E-state index is 0.0406. The lowest BCUT2D eigenvalue weighted by Gasteiger charge is -2.39. The summed E-state index contributed by atoms with van der Waals surface area (Å²) in [6.07, 6.45) is 0.873. The number of benzene rings is 5. The van der Waals surface area contributed by atoms with Crippen molar-refractivity contribution in [1.29, 1.82) is 0 Å². The minimum atomic E-state index is -2.57. The molecule has 0 aromatic heterocycles. The molecule has 3 fully saturated rings. The zero-order chi connectivity index (χ0) is 46.2. The van der Waals surface area contributed by atoms with Crippen molar-refractivity contribution in [2.75, 3.05) is 61.8 Å². The van der Waals surface area contributed by atoms with E-state index in [4.69, 9.17) is 14.2 Å². The number of hydrogen-bond donors (Lipinski definition) is 2. The number of aliphatic hydroxyl groups excluding tert-OH is 1. The van der Waals surface area contributed by atoms with E-state index in [2.05, 4.69) is 54.5 Å². The molecule has 4 aliphatic heterocycles. The third-order valence-electron chi connectivity index (χ3n) is 14.9. The summed E-state index contributed by atoms with van der Waals surface area (Å²) in [4.78, 5) is 52.3. The first kappa shape index (κ1) is 45.2. The number of carbonyl (C=O) groups is 3. The standard InChI is InChI=1S/C53H61N5O7Si/c1-37-49(66(4,5)44-23-20-42(63-2)21-24-44)47(33-48(60)55(30-31-59)34-38-12-8-6-9-13-38)65-53(37)45-32-43(64-3)22-25-46(45)56(51(53)62)35-39-16-18-40(19-17-39)57-36-58(41-14-10-7-11-15-41)52(50(57)61)26-28-54-29-27-52/h6-25,32,37,47,49,54,59H,26-31,33-36H2,1-5H3/t37-,47+,49-,53+/m1/s1. The summed E-state index contributed by atoms with van der Waals surface area (Å²) in [6, 6.07) is 41.9. The molecule has 0 unspecified atom stereocenters. The van der Waals surface area contributed by atoms with Crippen LogP contribution < -0.4 is 34.7 Å². The maximum absolute atomic E-state index is 15.6. The molecule has 3 amide bonds. The molecule has 13 heteroatoms. The van der Waals surface area contributed by atoms with Crippen LogP contribution in [0.2, 0.25) is 18.6 Å². The third-order valence-corrected chi connectivity index (χ3v) is 19.2. The Morgan fingerprint density at radius 1 is 0.818 bits per heavy atom. The number of nitrogens with zero attached hydrogens (tertiary/aromatic N) is 4. The molecule has 4 aliphatic rings. The number of rotatable bonds is 14. The van der Waals surface area contributed by atoms with Crippen molar-refractivity contribution in [2.45, 2.75) is 75.2 Å². The summed E-state index contributed by atoms with van der Waals surface area (Å²) in [5.41, 5.74) is 2.96. The predicted molar refractivity (Wildman–Crippen MR) is 260 cm³/mol. The highest BCUT2D eigenvalue weighted by molar-refractivity contribution is 6.91. The Bertz CT molecular complexity index is 2540. The average Bonchev–Trinajstić information content (AvgIpc) is 3.89. The topological polar surface area (TPSA) is 124 Å². The van der Waals surface area contributed by atoms with Crippen LogP contribution in [-0.2, 0) is 37.8 Å². The van der Waals surface area contributed by atoms with Gasteiger partial charge in [-0.15, -0.1) is 0 Å². The predicted octanol–water partition coefficient (Wildman–Crippen LogP) is 6.81. The lowest BCUT2D eigenvalue weighted by molar-refractivity contribution is -0.150. The van der Waals surface area contributed by atoms with Gasteiger partial charge in [0.25, 0.3) is 11.8 Å². The van der Waals surface area contributed by atoms with Gasteiger partial charge in [0.1, 0.15) is 17.0 Å². The van der Waals surface area contributed by atoms with E-state index in [0.717, 1.165) is 70.6 Å². The normalized spacial score (nSPS) is 22.3. The van der Waals surface area contributed by atoms with Gasteiger partial charge in [-0.05, 0) is 97.2 Å². The number of aliphatic hydroxyl groups is 1. The summed E-state index contributed by atoms with van der Waals surface area (Å²) >= 11 is 0. The van der Waals surface area contributed by atoms with Crippen molar-refractivity contribution in [2.24, 2.45) is 5.92 Å². The zero-order valence-electron chi connectivity index (χ0n) is 38.6. The van der Waals surface area contributed by atoms with Crippen LogP contribution in [0, 0.1) is 5.92 Å². The summed E-state index contributed by atoms with van der Waals surface area (Å²) in [7, 11) is 0.697. The fraction of sp³-hybridized carbons (Fsp3) is 0.377. The van der Waals surface area contributed by atoms with Crippen molar-refractivity contribution in [3.63, 3.8) is 0 Å². The second kappa shape index (κ2) is 18.4. The Hall–Kier alpha value is -5.99. The van der Waals surface area contributed by atoms with Gasteiger partial charge in [-0.1, -0.05) is 98.0 Å². The number of nitrogens with one attached hydrogen (secondary N) is 1. The molecule has 0 radical (unpaired) electrons. The first-order chi connectivity index (χ1) is 31.9. The van der Waals surface area contributed by atoms with Crippen LogP contribution in [-0.4, -0.2) is 94.6 Å². The van der Waals surface area contributed by atoms with E-state index in [0.29, 0.717) is 19.0 Å². The first-order valence-electron chi connectivity index (χ1n) is 23.1. The van der Waals surface area contributed by atoms with Crippen LogP contribution in [0.5, 0.6) is 11.5 Å². The Labute approximate surface area is 389 Å². The SMILES string of the molecule is COc1ccc([Si](C)(C)[C@H]2[C@H](CC(=O)N(CCO)Cc3ccccc3)O[C@@]3(C(=O)N(Cc4ccc(N5CN(c6ccccc6)C6(CCNCC6)C5=O)cc4)c4ccc(OC)cc43)[C@@H]2C)cc1. The van der Waals surface area contributed by atoms with Crippen LogP contribution in [0.3, 0.4) is 0 Å². The number of para-hydroxylation sites is 1. The van der Waals surface area contributed by atoms with Crippen LogP contribution in [0.15, 0.2) is 127 Å². The quantitative estimate of drug-likeness (QED) is 0.116. The molecule has 4 heterocycles. The molecule has 5 aromatic carbocycles. The van der Waals surface area contributed by atoms with Crippen molar-refractivity contribution in [3.8, 4) is 11.5 Å². The Morgan fingerprint density at radius 2 is 1.47 bits per heavy atom. The molecule has 2 spiro atoms. The van der Waals surface area contributed by atoms with Crippen LogP contribution >= 0.6 is 0 Å². The van der Waals surface area contributed by atoms with E-state index >= 15 is 4.79 Å². The molecular formula is C53H61N5O7Si. The van der Waals surface area contributed by atoms with E-state index < -0.39 is 25.3 Å². The van der Waals surface area contributed by atoms with Crippen LogP contribution in [0.1, 0.15) is 42.9 Å². The van der Waals surface area contributed by atoms with Crippen molar-refractivity contribution >= 4 is 48.0 Å². The summed E-state index contributed by atoms with van der Waals surface area (Å²) in [5, 5.41) is 14.7. The summed E-state index contributed by atoms with van der Waals surface area (Å²) < 4.78 is 18.7. The van der Waals surface area contributed by atoms with Crippen molar-refractivity contribution in [3.05, 3.63) is 144 Å². The molecule has 0 aliphatic carbocycles. The molecule has 66 heavy (non-hydrogen) atoms. The molecule has 3 saturated heterocycles. The maximum atomic E-state index is 15.6. The average molecular weight is 908 g/mol. The molecule has 344 valence electrons. The zero-order valence-corrected chi connectivity index (χ0v) is 39.6. The first-order valence-corrected chi connectivity index (χ1v) is 26.2. The van der Waals surface area contributed by atoms with Gasteiger partial charge in [-0.3, -0.25) is 19.3 Å². The molecule has 4 atom stereocenters. The molecular weight excluding hydrogens is 847 g/mol. The maximum Gasteiger partial charge on any atom is 0.264 e. The number of ether oxygens (including phenoxy) is 3. The number of piperidine rings is 1. The van der Waals surface area contributed by atoms with E-state index in [1.807, 2.05) is 113 Å². The number of amides is 3. The second-order valence-electron chi connectivity index (χ2n) is 18.7. The monoisotopic (exact) mass is 907 g/mol. The lowest BCUT2D eigenvalue weighted by Crippen LogP contribution is -2.55.